The monoisotopic (exact) mass is 820 g/mol. The number of carboxylic acid groups (broad SMARTS) is 1. The molecule has 0 saturated carbocycles. The number of hydrogen-bond acceptors (Lipinski definition) is 10. The minimum Gasteiger partial charge on any atom is -0.481 e. The van der Waals surface area contributed by atoms with Gasteiger partial charge < -0.3 is 40.4 Å². The molecule has 0 aromatic heterocycles. The first-order valence-electron chi connectivity index (χ1n) is 21.6. The quantitative estimate of drug-likeness (QED) is 0.0549. The summed E-state index contributed by atoms with van der Waals surface area (Å²) in [7, 11) is 0. The van der Waals surface area contributed by atoms with Gasteiger partial charge in [0.1, 0.15) is 25.0 Å². The molecular weight excluding hydrogens is 746 g/mol. The van der Waals surface area contributed by atoms with Crippen LogP contribution in [0.3, 0.4) is 0 Å². The van der Waals surface area contributed by atoms with Gasteiger partial charge in [0, 0.05) is 51.0 Å². The van der Waals surface area contributed by atoms with E-state index in [9.17, 15) is 28.8 Å². The molecule has 1 rings (SSSR count). The zero-order chi connectivity index (χ0) is 42.5. The number of unbranched alkanes of at least 4 members (excludes halogenated alkanes) is 12. The van der Waals surface area contributed by atoms with Crippen LogP contribution in [-0.2, 0) is 42.9 Å². The van der Waals surface area contributed by atoms with Gasteiger partial charge in [-0.15, -0.1) is 0 Å². The number of hydrogen-bond donors (Lipinski definition) is 4. The summed E-state index contributed by atoms with van der Waals surface area (Å²) in [6, 6.07) is 6.45. The van der Waals surface area contributed by atoms with Crippen molar-refractivity contribution >= 4 is 35.3 Å². The van der Waals surface area contributed by atoms with E-state index < -0.39 is 23.8 Å². The van der Waals surface area contributed by atoms with Crippen molar-refractivity contribution in [3.63, 3.8) is 0 Å². The SMILES string of the molecule is Cc1ccc(C(=O)NCCCC[C@H](NC(=O)COCCOCCCC(=O)COCCOCCCC(=O)CCCCCCCCCCCCCCC(=O)O)C(N)=O)cc1. The molecule has 0 fully saturated rings. The van der Waals surface area contributed by atoms with Crippen molar-refractivity contribution in [1.82, 2.24) is 10.6 Å². The molecule has 3 amide bonds. The first kappa shape index (κ1) is 52.3. The minimum atomic E-state index is -0.832. The van der Waals surface area contributed by atoms with Gasteiger partial charge in [0.2, 0.25) is 11.8 Å². The number of primary amides is 1. The Morgan fingerprint density at radius 1 is 0.569 bits per heavy atom. The lowest BCUT2D eigenvalue weighted by Gasteiger charge is -2.15. The lowest BCUT2D eigenvalue weighted by Crippen LogP contribution is -2.45. The fraction of sp³-hybridized carbons (Fsp3) is 0.727. The van der Waals surface area contributed by atoms with Crippen LogP contribution in [0.2, 0.25) is 0 Å². The Kier molecular flexibility index (Phi) is 32.8. The van der Waals surface area contributed by atoms with Gasteiger partial charge in [-0.05, 0) is 64.0 Å². The molecule has 0 unspecified atom stereocenters. The number of carbonyl (C=O) groups excluding carboxylic acids is 5. The molecule has 5 N–H and O–H groups in total. The van der Waals surface area contributed by atoms with Crippen molar-refractivity contribution in [3.05, 3.63) is 35.4 Å². The number of amides is 3. The maximum Gasteiger partial charge on any atom is 0.303 e. The Labute approximate surface area is 346 Å². The van der Waals surface area contributed by atoms with Crippen LogP contribution in [0.25, 0.3) is 0 Å². The Morgan fingerprint density at radius 3 is 1.60 bits per heavy atom. The Morgan fingerprint density at radius 2 is 1.05 bits per heavy atom. The predicted octanol–water partition coefficient (Wildman–Crippen LogP) is 6.18. The Balaban J connectivity index is 1.87. The van der Waals surface area contributed by atoms with Gasteiger partial charge in [-0.1, -0.05) is 81.9 Å². The number of nitrogens with two attached hydrogens (primary N) is 1. The summed E-state index contributed by atoms with van der Waals surface area (Å²) in [5.41, 5.74) is 7.10. The molecular formula is C44H73N3O11. The Bertz CT molecular complexity index is 1280. The van der Waals surface area contributed by atoms with Crippen LogP contribution in [0.1, 0.15) is 151 Å². The van der Waals surface area contributed by atoms with E-state index in [1.165, 1.54) is 44.9 Å². The van der Waals surface area contributed by atoms with Gasteiger partial charge >= 0.3 is 5.97 Å². The van der Waals surface area contributed by atoms with E-state index in [2.05, 4.69) is 10.6 Å². The number of benzene rings is 1. The van der Waals surface area contributed by atoms with Crippen LogP contribution in [0, 0.1) is 6.92 Å². The highest BCUT2D eigenvalue weighted by Gasteiger charge is 2.18. The Hall–Kier alpha value is -3.72. The van der Waals surface area contributed by atoms with Crippen molar-refractivity contribution in [2.24, 2.45) is 5.73 Å². The van der Waals surface area contributed by atoms with Gasteiger partial charge in [0.25, 0.3) is 5.91 Å². The fourth-order valence-electron chi connectivity index (χ4n) is 6.10. The highest BCUT2D eigenvalue weighted by Crippen LogP contribution is 2.14. The molecule has 1 aromatic rings. The average Bonchev–Trinajstić information content (AvgIpc) is 3.19. The van der Waals surface area contributed by atoms with Crippen molar-refractivity contribution in [3.8, 4) is 0 Å². The maximum atomic E-state index is 12.2. The molecule has 330 valence electrons. The van der Waals surface area contributed by atoms with E-state index >= 15 is 0 Å². The third-order valence-electron chi connectivity index (χ3n) is 9.52. The van der Waals surface area contributed by atoms with Gasteiger partial charge in [-0.3, -0.25) is 28.8 Å². The number of Topliss-reactive ketones (excluding diaryl/α,β-unsaturated/α-hetero) is 2. The van der Waals surface area contributed by atoms with E-state index in [-0.39, 0.29) is 50.3 Å². The minimum absolute atomic E-state index is 0.00846. The summed E-state index contributed by atoms with van der Waals surface area (Å²) in [4.78, 5) is 70.9. The van der Waals surface area contributed by atoms with Gasteiger partial charge in [-0.2, -0.15) is 0 Å². The molecule has 58 heavy (non-hydrogen) atoms. The third kappa shape index (κ3) is 32.3. The number of aliphatic carboxylic acids is 1. The first-order valence-corrected chi connectivity index (χ1v) is 21.6. The number of ketones is 2. The first-order chi connectivity index (χ1) is 28.1. The van der Waals surface area contributed by atoms with Crippen molar-refractivity contribution in [1.29, 1.82) is 0 Å². The zero-order valence-electron chi connectivity index (χ0n) is 35.2. The predicted molar refractivity (Wildman–Crippen MR) is 223 cm³/mol. The van der Waals surface area contributed by atoms with Gasteiger partial charge in [0.15, 0.2) is 5.78 Å². The molecule has 1 aromatic carbocycles. The van der Waals surface area contributed by atoms with E-state index in [1.54, 1.807) is 12.1 Å². The fourth-order valence-corrected chi connectivity index (χ4v) is 6.10. The van der Waals surface area contributed by atoms with Crippen molar-refractivity contribution in [2.75, 3.05) is 59.4 Å². The zero-order valence-corrected chi connectivity index (χ0v) is 35.2. The summed E-state index contributed by atoms with van der Waals surface area (Å²) >= 11 is 0. The van der Waals surface area contributed by atoms with E-state index in [4.69, 9.17) is 29.8 Å². The van der Waals surface area contributed by atoms with E-state index in [1.807, 2.05) is 19.1 Å². The maximum absolute atomic E-state index is 12.2. The van der Waals surface area contributed by atoms with Crippen LogP contribution < -0.4 is 16.4 Å². The molecule has 0 heterocycles. The second kappa shape index (κ2) is 36.4. The summed E-state index contributed by atoms with van der Waals surface area (Å²) in [6.07, 6.45) is 18.1. The second-order valence-corrected chi connectivity index (χ2v) is 14.9. The smallest absolute Gasteiger partial charge is 0.303 e. The molecule has 14 nitrogen and oxygen atoms in total. The van der Waals surface area contributed by atoms with Crippen LogP contribution in [-0.4, -0.2) is 106 Å². The third-order valence-corrected chi connectivity index (χ3v) is 9.52. The highest BCUT2D eigenvalue weighted by molar-refractivity contribution is 5.94. The second-order valence-electron chi connectivity index (χ2n) is 14.9. The van der Waals surface area contributed by atoms with Crippen molar-refractivity contribution < 1.29 is 52.8 Å². The number of carboxylic acids is 1. The largest absolute Gasteiger partial charge is 0.481 e. The summed E-state index contributed by atoms with van der Waals surface area (Å²) in [5, 5.41) is 14.1. The standard InChI is InChI=1S/C44H73N3O11/c1-36-23-25-37(26-24-36)44(54)46-27-15-14-21-40(43(45)53)47-41(50)35-58-33-31-56-29-17-20-39(49)34-57-32-30-55-28-16-19-38(48)18-12-10-8-6-4-2-3-5-7-9-11-13-22-42(51)52/h23-26,40H,2-22,27-35H2,1H3,(H2,45,53)(H,46,54)(H,47,50)(H,51,52)/t40-/m0/s1. The molecule has 0 spiro atoms. The lowest BCUT2D eigenvalue weighted by atomic mass is 10.0. The number of ether oxygens (including phenoxy) is 4. The molecule has 0 aliphatic rings. The van der Waals surface area contributed by atoms with Gasteiger partial charge in [0.05, 0.1) is 26.4 Å². The molecule has 0 aliphatic heterocycles. The molecule has 0 bridgehead atoms. The summed E-state index contributed by atoms with van der Waals surface area (Å²) < 4.78 is 21.7. The van der Waals surface area contributed by atoms with E-state index in [0.29, 0.717) is 89.9 Å². The number of carbonyl (C=O) groups is 6. The van der Waals surface area contributed by atoms with Crippen LogP contribution >= 0.6 is 0 Å². The van der Waals surface area contributed by atoms with Gasteiger partial charge in [-0.25, -0.2) is 0 Å². The molecule has 0 aliphatic carbocycles. The topological polar surface area (TPSA) is 210 Å². The number of rotatable bonds is 41. The van der Waals surface area contributed by atoms with Crippen LogP contribution in [0.4, 0.5) is 0 Å². The molecule has 0 radical (unpaired) electrons. The van der Waals surface area contributed by atoms with Crippen LogP contribution in [0.5, 0.6) is 0 Å². The van der Waals surface area contributed by atoms with E-state index in [0.717, 1.165) is 37.7 Å². The number of aryl methyl sites for hydroxylation is 1. The summed E-state index contributed by atoms with van der Waals surface area (Å²) in [6.45, 7) is 4.10. The summed E-state index contributed by atoms with van der Waals surface area (Å²) in [5.74, 6) is -1.71. The van der Waals surface area contributed by atoms with Crippen LogP contribution in [0.15, 0.2) is 24.3 Å². The molecule has 0 saturated heterocycles. The highest BCUT2D eigenvalue weighted by atomic mass is 16.5. The molecule has 14 heteroatoms. The average molecular weight is 820 g/mol. The van der Waals surface area contributed by atoms with Crippen molar-refractivity contribution in [2.45, 2.75) is 148 Å². The number of nitrogens with one attached hydrogen (secondary N) is 2. The molecule has 1 atom stereocenters. The normalized spacial score (nSPS) is 11.6. The lowest BCUT2D eigenvalue weighted by molar-refractivity contribution is -0.137.